The van der Waals surface area contributed by atoms with Gasteiger partial charge in [-0.15, -0.1) is 0 Å². The first-order valence-electron chi connectivity index (χ1n) is 11.9. The van der Waals surface area contributed by atoms with Gasteiger partial charge in [0.15, 0.2) is 0 Å². The summed E-state index contributed by atoms with van der Waals surface area (Å²) in [6, 6.07) is 9.78. The molecular formula is C25H27ClN4O3S. The first kappa shape index (κ1) is 22.1. The van der Waals surface area contributed by atoms with Gasteiger partial charge in [-0.05, 0) is 68.0 Å². The van der Waals surface area contributed by atoms with Gasteiger partial charge in [0.1, 0.15) is 0 Å². The van der Waals surface area contributed by atoms with E-state index in [9.17, 15) is 13.2 Å². The zero-order chi connectivity index (χ0) is 23.5. The minimum atomic E-state index is -3.24. The lowest BCUT2D eigenvalue weighted by Crippen LogP contribution is -2.32. The molecule has 178 valence electrons. The van der Waals surface area contributed by atoms with E-state index in [1.807, 2.05) is 29.2 Å². The summed E-state index contributed by atoms with van der Waals surface area (Å²) in [6.45, 7) is 2.24. The normalized spacial score (nSPS) is 19.4. The molecule has 2 aromatic heterocycles. The van der Waals surface area contributed by atoms with Crippen LogP contribution in [-0.2, 0) is 33.3 Å². The lowest BCUT2D eigenvalue weighted by molar-refractivity contribution is -0.120. The van der Waals surface area contributed by atoms with Crippen LogP contribution in [0, 0.1) is 0 Å². The van der Waals surface area contributed by atoms with Crippen LogP contribution in [0.4, 0.5) is 5.69 Å². The van der Waals surface area contributed by atoms with Crippen molar-refractivity contribution in [2.75, 3.05) is 23.7 Å². The second-order valence-corrected chi connectivity index (χ2v) is 12.2. The van der Waals surface area contributed by atoms with Crippen molar-refractivity contribution in [3.8, 4) is 0 Å². The summed E-state index contributed by atoms with van der Waals surface area (Å²) >= 11 is 6.26. The van der Waals surface area contributed by atoms with Crippen molar-refractivity contribution in [3.05, 3.63) is 59.0 Å². The standard InChI is InChI=1S/C25H27ClN4O3S/c26-19-4-5-22-18(14-19)15-20(29(22)12-3-13-34(32,33)28-10-1-2-11-28)17-30-23-16-27-9-6-21(23)25(7-8-25)24(30)31/h4-6,9,14-16H,1-3,7-8,10-13,17H2. The van der Waals surface area contributed by atoms with Gasteiger partial charge < -0.3 is 9.47 Å². The molecule has 7 nitrogen and oxygen atoms in total. The van der Waals surface area contributed by atoms with Gasteiger partial charge in [0.05, 0.1) is 29.6 Å². The fraction of sp³-hybridized carbons (Fsp3) is 0.440. The van der Waals surface area contributed by atoms with Crippen LogP contribution in [0.1, 0.15) is 43.4 Å². The van der Waals surface area contributed by atoms with Crippen LogP contribution < -0.4 is 4.90 Å². The van der Waals surface area contributed by atoms with Crippen molar-refractivity contribution in [3.63, 3.8) is 0 Å². The number of amides is 1. The van der Waals surface area contributed by atoms with E-state index < -0.39 is 10.0 Å². The third kappa shape index (κ3) is 3.54. The molecule has 2 fully saturated rings. The molecule has 1 amide bonds. The largest absolute Gasteiger partial charge is 0.343 e. The van der Waals surface area contributed by atoms with Crippen LogP contribution in [0.3, 0.4) is 0 Å². The number of pyridine rings is 1. The van der Waals surface area contributed by atoms with E-state index in [0.717, 1.165) is 53.5 Å². The number of anilines is 1. The molecule has 34 heavy (non-hydrogen) atoms. The van der Waals surface area contributed by atoms with E-state index in [1.54, 1.807) is 16.7 Å². The Morgan fingerprint density at radius 1 is 1.09 bits per heavy atom. The SMILES string of the molecule is O=C1N(Cc2cc3cc(Cl)ccc3n2CCCS(=O)(=O)N2CCCC2)c2cnccc2C12CC2. The lowest BCUT2D eigenvalue weighted by Gasteiger charge is -2.20. The minimum Gasteiger partial charge on any atom is -0.343 e. The molecule has 2 aliphatic heterocycles. The predicted octanol–water partition coefficient (Wildman–Crippen LogP) is 4.08. The molecule has 0 radical (unpaired) electrons. The number of rotatable bonds is 7. The van der Waals surface area contributed by atoms with E-state index in [1.165, 1.54) is 0 Å². The Hall–Kier alpha value is -2.42. The highest BCUT2D eigenvalue weighted by Gasteiger charge is 2.59. The topological polar surface area (TPSA) is 75.5 Å². The molecule has 0 N–H and O–H groups in total. The summed E-state index contributed by atoms with van der Waals surface area (Å²) in [6.07, 6.45) is 7.69. The molecule has 9 heteroatoms. The molecule has 6 rings (SSSR count). The quantitative estimate of drug-likeness (QED) is 0.492. The summed E-state index contributed by atoms with van der Waals surface area (Å²) in [5.74, 6) is 0.264. The van der Waals surface area contributed by atoms with Crippen molar-refractivity contribution < 1.29 is 13.2 Å². The van der Waals surface area contributed by atoms with Gasteiger partial charge >= 0.3 is 0 Å². The highest BCUT2D eigenvalue weighted by atomic mass is 35.5. The van der Waals surface area contributed by atoms with Crippen LogP contribution in [0.5, 0.6) is 0 Å². The molecule has 1 aliphatic carbocycles. The zero-order valence-corrected chi connectivity index (χ0v) is 20.5. The van der Waals surface area contributed by atoms with Gasteiger partial charge in [0.2, 0.25) is 15.9 Å². The molecular weight excluding hydrogens is 472 g/mol. The number of fused-ring (bicyclic) bond motifs is 3. The summed E-state index contributed by atoms with van der Waals surface area (Å²) in [5.41, 5.74) is 3.56. The molecule has 4 heterocycles. The van der Waals surface area contributed by atoms with E-state index in [0.29, 0.717) is 37.6 Å². The average molecular weight is 499 g/mol. The fourth-order valence-electron chi connectivity index (χ4n) is 5.61. The smallest absolute Gasteiger partial charge is 0.238 e. The van der Waals surface area contributed by atoms with E-state index >= 15 is 0 Å². The Morgan fingerprint density at radius 2 is 1.88 bits per heavy atom. The van der Waals surface area contributed by atoms with Gasteiger partial charge in [0.25, 0.3) is 0 Å². The molecule has 1 spiro atoms. The van der Waals surface area contributed by atoms with Crippen LogP contribution in [0.15, 0.2) is 42.7 Å². The second-order valence-electron chi connectivity index (χ2n) is 9.63. The molecule has 0 bridgehead atoms. The lowest BCUT2D eigenvalue weighted by atomic mass is 9.99. The number of hydrogen-bond acceptors (Lipinski definition) is 4. The second kappa shape index (κ2) is 8.07. The Bertz CT molecular complexity index is 1390. The van der Waals surface area contributed by atoms with E-state index in [-0.39, 0.29) is 17.1 Å². The zero-order valence-electron chi connectivity index (χ0n) is 18.9. The molecule has 3 aliphatic rings. The molecule has 1 aromatic carbocycles. The van der Waals surface area contributed by atoms with E-state index in [2.05, 4.69) is 15.6 Å². The number of benzene rings is 1. The number of sulfonamides is 1. The number of halogens is 1. The Balaban J connectivity index is 1.30. The van der Waals surface area contributed by atoms with Crippen molar-refractivity contribution in [1.82, 2.24) is 13.9 Å². The maximum atomic E-state index is 13.4. The number of nitrogens with zero attached hydrogens (tertiary/aromatic N) is 4. The molecule has 3 aromatic rings. The number of hydrogen-bond donors (Lipinski definition) is 0. The van der Waals surface area contributed by atoms with Crippen LogP contribution >= 0.6 is 11.6 Å². The van der Waals surface area contributed by atoms with Crippen LogP contribution in [0.2, 0.25) is 5.02 Å². The third-order valence-electron chi connectivity index (χ3n) is 7.52. The number of aryl methyl sites for hydroxylation is 1. The van der Waals surface area contributed by atoms with Crippen molar-refractivity contribution in [2.24, 2.45) is 0 Å². The number of carbonyl (C=O) groups is 1. The third-order valence-corrected chi connectivity index (χ3v) is 9.71. The predicted molar refractivity (Wildman–Crippen MR) is 132 cm³/mol. The first-order chi connectivity index (χ1) is 16.4. The Kier molecular flexibility index (Phi) is 5.24. The summed E-state index contributed by atoms with van der Waals surface area (Å²) in [5, 5.41) is 1.64. The van der Waals surface area contributed by atoms with Gasteiger partial charge in [-0.2, -0.15) is 0 Å². The Morgan fingerprint density at radius 3 is 2.65 bits per heavy atom. The fourth-order valence-corrected chi connectivity index (χ4v) is 7.36. The first-order valence-corrected chi connectivity index (χ1v) is 13.9. The molecule has 1 saturated carbocycles. The molecule has 0 atom stereocenters. The summed E-state index contributed by atoms with van der Waals surface area (Å²) < 4.78 is 29.2. The van der Waals surface area contributed by atoms with Crippen molar-refractivity contribution >= 4 is 44.1 Å². The monoisotopic (exact) mass is 498 g/mol. The average Bonchev–Trinajstić information content (AvgIpc) is 3.18. The summed E-state index contributed by atoms with van der Waals surface area (Å²) in [4.78, 5) is 19.5. The summed E-state index contributed by atoms with van der Waals surface area (Å²) in [7, 11) is -3.24. The van der Waals surface area contributed by atoms with Gasteiger partial charge in [0, 0.05) is 47.5 Å². The highest BCUT2D eigenvalue weighted by molar-refractivity contribution is 7.89. The Labute approximate surface area is 204 Å². The maximum Gasteiger partial charge on any atom is 0.238 e. The minimum absolute atomic E-state index is 0.123. The van der Waals surface area contributed by atoms with Gasteiger partial charge in [-0.25, -0.2) is 12.7 Å². The van der Waals surface area contributed by atoms with E-state index in [4.69, 9.17) is 11.6 Å². The van der Waals surface area contributed by atoms with Gasteiger partial charge in [-0.1, -0.05) is 11.6 Å². The van der Waals surface area contributed by atoms with Crippen LogP contribution in [-0.4, -0.2) is 47.0 Å². The van der Waals surface area contributed by atoms with Crippen molar-refractivity contribution in [1.29, 1.82) is 0 Å². The maximum absolute atomic E-state index is 13.4. The molecule has 0 unspecified atom stereocenters. The molecule has 1 saturated heterocycles. The van der Waals surface area contributed by atoms with Crippen molar-refractivity contribution in [2.45, 2.75) is 50.6 Å². The van der Waals surface area contributed by atoms with Crippen LogP contribution in [0.25, 0.3) is 10.9 Å². The number of aromatic nitrogens is 2. The van der Waals surface area contributed by atoms with Gasteiger partial charge in [-0.3, -0.25) is 9.78 Å². The highest BCUT2D eigenvalue weighted by Crippen LogP contribution is 2.57. The number of carbonyl (C=O) groups excluding carboxylic acids is 1.